The van der Waals surface area contributed by atoms with Crippen molar-refractivity contribution in [3.63, 3.8) is 0 Å². The fraction of sp³-hybridized carbons (Fsp3) is 0.667. The Kier molecular flexibility index (Phi) is 5.18. The Morgan fingerprint density at radius 1 is 1.71 bits per heavy atom. The molecule has 1 N–H and O–H groups in total. The van der Waals surface area contributed by atoms with E-state index in [2.05, 4.69) is 18.4 Å². The molecule has 1 heteroatoms. The van der Waals surface area contributed by atoms with Gasteiger partial charge in [0.25, 0.3) is 0 Å². The molecule has 0 saturated heterocycles. The summed E-state index contributed by atoms with van der Waals surface area (Å²) < 4.78 is 0. The summed E-state index contributed by atoms with van der Waals surface area (Å²) >= 11 is 0. The van der Waals surface area contributed by atoms with Crippen molar-refractivity contribution in [3.05, 3.63) is 12.3 Å². The lowest BCUT2D eigenvalue weighted by Gasteiger charge is -1.81. The molecule has 0 saturated carbocycles. The third-order valence-corrected chi connectivity index (χ3v) is 0.679. The van der Waals surface area contributed by atoms with Crippen LogP contribution in [0.25, 0.3) is 0 Å². The third kappa shape index (κ3) is 5.54. The predicted molar refractivity (Wildman–Crippen MR) is 31.8 cm³/mol. The van der Waals surface area contributed by atoms with Gasteiger partial charge in [-0.3, -0.25) is 0 Å². The molecule has 0 unspecified atom stereocenters. The molecule has 0 rings (SSSR count). The smallest absolute Gasteiger partial charge is 0.0529 e. The fourth-order valence-electron chi connectivity index (χ4n) is 0.319. The zero-order valence-electron chi connectivity index (χ0n) is 4.99. The van der Waals surface area contributed by atoms with Gasteiger partial charge in [-0.2, -0.15) is 0 Å². The van der Waals surface area contributed by atoms with Gasteiger partial charge >= 0.3 is 0 Å². The largest absolute Gasteiger partial charge is 0.387 e. The van der Waals surface area contributed by atoms with Crippen LogP contribution in [0.5, 0.6) is 0 Å². The lowest BCUT2D eigenvalue weighted by Crippen LogP contribution is -1.91. The lowest BCUT2D eigenvalue weighted by molar-refractivity contribution is 0.933. The highest BCUT2D eigenvalue weighted by molar-refractivity contribution is 4.68. The van der Waals surface area contributed by atoms with E-state index in [-0.39, 0.29) is 0 Å². The molecular weight excluding hydrogens is 86.1 g/mol. The molecule has 1 radical (unpaired) electrons. The molecule has 0 aliphatic heterocycles. The zero-order valence-corrected chi connectivity index (χ0v) is 4.99. The summed E-state index contributed by atoms with van der Waals surface area (Å²) in [6.07, 6.45) is 7.20. The highest BCUT2D eigenvalue weighted by Crippen LogP contribution is 1.84. The second-order valence-electron chi connectivity index (χ2n) is 1.39. The molecular formula is C6H12N. The Balaban J connectivity index is 2.78. The molecule has 0 aliphatic carbocycles. The van der Waals surface area contributed by atoms with Gasteiger partial charge in [0.05, 0.1) is 6.20 Å². The van der Waals surface area contributed by atoms with Crippen molar-refractivity contribution in [1.82, 2.24) is 5.32 Å². The normalized spacial score (nSPS) is 10.0. The number of rotatable bonds is 3. The van der Waals surface area contributed by atoms with Gasteiger partial charge in [-0.1, -0.05) is 19.4 Å². The van der Waals surface area contributed by atoms with Crippen LogP contribution in [0, 0.1) is 6.20 Å². The minimum atomic E-state index is 1.13. The number of unbranched alkanes of at least 4 members (excludes halogenated alkanes) is 1. The molecule has 0 amide bonds. The fourth-order valence-corrected chi connectivity index (χ4v) is 0.319. The standard InChI is InChI=1S/C6H12N/c1-3-4-5-6-7-2/h5,7H,3-4H2,1-2H3. The number of allylic oxidation sites excluding steroid dienone is 1. The average Bonchev–Trinajstić information content (AvgIpc) is 1.69. The van der Waals surface area contributed by atoms with Crippen LogP contribution in [0.1, 0.15) is 19.8 Å². The van der Waals surface area contributed by atoms with Gasteiger partial charge in [0.15, 0.2) is 0 Å². The zero-order chi connectivity index (χ0) is 5.54. The summed E-state index contributed by atoms with van der Waals surface area (Å²) in [5.74, 6) is 0. The highest BCUT2D eigenvalue weighted by atomic mass is 14.8. The van der Waals surface area contributed by atoms with Crippen LogP contribution in [-0.4, -0.2) is 7.05 Å². The molecule has 0 aliphatic rings. The maximum atomic E-state index is 2.87. The second kappa shape index (κ2) is 5.54. The monoisotopic (exact) mass is 98.1 g/mol. The summed E-state index contributed by atoms with van der Waals surface area (Å²) in [5.41, 5.74) is 0. The summed E-state index contributed by atoms with van der Waals surface area (Å²) in [6, 6.07) is 0. The highest BCUT2D eigenvalue weighted by Gasteiger charge is 1.68. The van der Waals surface area contributed by atoms with Crippen molar-refractivity contribution in [1.29, 1.82) is 0 Å². The molecule has 0 heterocycles. The van der Waals surface area contributed by atoms with Gasteiger partial charge in [-0.25, -0.2) is 0 Å². The first-order chi connectivity index (χ1) is 3.41. The summed E-state index contributed by atoms with van der Waals surface area (Å²) in [6.45, 7) is 2.15. The SMILES string of the molecule is CCC/C=[C]\NC. The van der Waals surface area contributed by atoms with Crippen LogP contribution < -0.4 is 5.32 Å². The Labute approximate surface area is 45.4 Å². The topological polar surface area (TPSA) is 12.0 Å². The van der Waals surface area contributed by atoms with E-state index in [0.29, 0.717) is 0 Å². The summed E-state index contributed by atoms with van der Waals surface area (Å²) in [7, 11) is 1.85. The van der Waals surface area contributed by atoms with E-state index in [0.717, 1.165) is 6.42 Å². The van der Waals surface area contributed by atoms with Crippen molar-refractivity contribution >= 4 is 0 Å². The maximum Gasteiger partial charge on any atom is 0.0529 e. The Hall–Kier alpha value is -0.460. The summed E-state index contributed by atoms with van der Waals surface area (Å²) in [4.78, 5) is 0. The Morgan fingerprint density at radius 3 is 2.86 bits per heavy atom. The van der Waals surface area contributed by atoms with Gasteiger partial charge < -0.3 is 5.32 Å². The van der Waals surface area contributed by atoms with E-state index < -0.39 is 0 Å². The van der Waals surface area contributed by atoms with Crippen LogP contribution in [0.4, 0.5) is 0 Å². The molecule has 0 aromatic heterocycles. The van der Waals surface area contributed by atoms with Crippen molar-refractivity contribution in [2.45, 2.75) is 19.8 Å². The van der Waals surface area contributed by atoms with Gasteiger partial charge in [-0.05, 0) is 6.42 Å². The molecule has 41 valence electrons. The quantitative estimate of drug-likeness (QED) is 0.525. The first-order valence-electron chi connectivity index (χ1n) is 2.65. The van der Waals surface area contributed by atoms with Crippen molar-refractivity contribution in [2.24, 2.45) is 0 Å². The van der Waals surface area contributed by atoms with Crippen LogP contribution in [-0.2, 0) is 0 Å². The third-order valence-electron chi connectivity index (χ3n) is 0.679. The van der Waals surface area contributed by atoms with Crippen molar-refractivity contribution in [2.75, 3.05) is 7.05 Å². The lowest BCUT2D eigenvalue weighted by atomic mass is 10.3. The first-order valence-corrected chi connectivity index (χ1v) is 2.65. The Bertz CT molecular complexity index is 48.1. The number of nitrogens with one attached hydrogen (secondary N) is 1. The number of hydrogen-bond donors (Lipinski definition) is 1. The van der Waals surface area contributed by atoms with Crippen LogP contribution in [0.15, 0.2) is 6.08 Å². The molecule has 0 bridgehead atoms. The average molecular weight is 98.2 g/mol. The molecule has 0 aromatic rings. The van der Waals surface area contributed by atoms with E-state index >= 15 is 0 Å². The van der Waals surface area contributed by atoms with E-state index in [1.54, 1.807) is 0 Å². The molecule has 1 nitrogen and oxygen atoms in total. The Morgan fingerprint density at radius 2 is 2.43 bits per heavy atom. The van der Waals surface area contributed by atoms with E-state index in [1.165, 1.54) is 6.42 Å². The van der Waals surface area contributed by atoms with Crippen LogP contribution in [0.3, 0.4) is 0 Å². The predicted octanol–water partition coefficient (Wildman–Crippen LogP) is 1.32. The van der Waals surface area contributed by atoms with Gasteiger partial charge in [0.1, 0.15) is 0 Å². The van der Waals surface area contributed by atoms with Crippen molar-refractivity contribution in [3.8, 4) is 0 Å². The molecule has 7 heavy (non-hydrogen) atoms. The van der Waals surface area contributed by atoms with Gasteiger partial charge in [0, 0.05) is 7.05 Å². The number of hydrogen-bond acceptors (Lipinski definition) is 1. The van der Waals surface area contributed by atoms with Gasteiger partial charge in [0.2, 0.25) is 0 Å². The molecule has 0 atom stereocenters. The summed E-state index contributed by atoms with van der Waals surface area (Å²) in [5, 5.41) is 2.80. The first kappa shape index (κ1) is 6.54. The van der Waals surface area contributed by atoms with E-state index in [9.17, 15) is 0 Å². The molecule has 0 fully saturated rings. The maximum absolute atomic E-state index is 2.87. The minimum Gasteiger partial charge on any atom is -0.387 e. The van der Waals surface area contributed by atoms with Crippen LogP contribution in [0.2, 0.25) is 0 Å². The minimum absolute atomic E-state index is 1.13. The molecule has 0 aromatic carbocycles. The van der Waals surface area contributed by atoms with Gasteiger partial charge in [-0.15, -0.1) is 0 Å². The van der Waals surface area contributed by atoms with E-state index in [4.69, 9.17) is 0 Å². The van der Waals surface area contributed by atoms with E-state index in [1.807, 2.05) is 13.1 Å². The molecule has 0 spiro atoms. The second-order valence-corrected chi connectivity index (χ2v) is 1.39. The van der Waals surface area contributed by atoms with Crippen molar-refractivity contribution < 1.29 is 0 Å². The van der Waals surface area contributed by atoms with Crippen LogP contribution >= 0.6 is 0 Å².